The molecule has 2 aliphatic heterocycles. The molecule has 1 aliphatic carbocycles. The Hall–Kier alpha value is -0.570. The average Bonchev–Trinajstić information content (AvgIpc) is 3.25. The molecule has 3 aliphatic rings. The van der Waals surface area contributed by atoms with Crippen molar-refractivity contribution < 1.29 is 4.79 Å². The van der Waals surface area contributed by atoms with Crippen molar-refractivity contribution in [3.05, 3.63) is 0 Å². The lowest BCUT2D eigenvalue weighted by atomic mass is 10.0. The van der Waals surface area contributed by atoms with Crippen LogP contribution in [0.4, 0.5) is 0 Å². The van der Waals surface area contributed by atoms with Gasteiger partial charge in [0.15, 0.2) is 0 Å². The summed E-state index contributed by atoms with van der Waals surface area (Å²) in [5.41, 5.74) is 0. The summed E-state index contributed by atoms with van der Waals surface area (Å²) >= 11 is 0. The van der Waals surface area contributed by atoms with E-state index in [4.69, 9.17) is 0 Å². The minimum absolute atomic E-state index is 0.403. The number of piperidine rings is 1. The lowest BCUT2D eigenvalue weighted by molar-refractivity contribution is -0.134. The van der Waals surface area contributed by atoms with Crippen LogP contribution in [0.2, 0.25) is 0 Å². The highest BCUT2D eigenvalue weighted by Crippen LogP contribution is 2.32. The van der Waals surface area contributed by atoms with Gasteiger partial charge in [0.1, 0.15) is 0 Å². The van der Waals surface area contributed by atoms with Crippen molar-refractivity contribution >= 4 is 5.91 Å². The van der Waals surface area contributed by atoms with Gasteiger partial charge in [-0.3, -0.25) is 4.79 Å². The van der Waals surface area contributed by atoms with Gasteiger partial charge in [0.2, 0.25) is 5.91 Å². The van der Waals surface area contributed by atoms with Gasteiger partial charge in [-0.25, -0.2) is 0 Å². The van der Waals surface area contributed by atoms with E-state index < -0.39 is 0 Å². The fraction of sp³-hybridized carbons (Fsp3) is 0.933. The fourth-order valence-corrected chi connectivity index (χ4v) is 3.50. The van der Waals surface area contributed by atoms with Crippen LogP contribution in [0.3, 0.4) is 0 Å². The van der Waals surface area contributed by atoms with Crippen LogP contribution in [-0.4, -0.2) is 47.9 Å². The molecule has 0 N–H and O–H groups in total. The zero-order valence-electron chi connectivity index (χ0n) is 11.4. The zero-order chi connectivity index (χ0) is 12.4. The first kappa shape index (κ1) is 12.5. The number of carbonyl (C=O) groups is 1. The lowest BCUT2D eigenvalue weighted by Crippen LogP contribution is -2.47. The molecule has 1 amide bonds. The molecular weight excluding hydrogens is 224 g/mol. The maximum Gasteiger partial charge on any atom is 0.225 e. The van der Waals surface area contributed by atoms with E-state index >= 15 is 0 Å². The summed E-state index contributed by atoms with van der Waals surface area (Å²) in [6.45, 7) is 4.61. The Morgan fingerprint density at radius 3 is 1.94 bits per heavy atom. The molecule has 0 aromatic rings. The molecule has 0 aromatic heterocycles. The van der Waals surface area contributed by atoms with E-state index in [1.54, 1.807) is 0 Å². The molecule has 0 radical (unpaired) electrons. The highest BCUT2D eigenvalue weighted by atomic mass is 16.2. The van der Waals surface area contributed by atoms with Crippen LogP contribution in [0, 0.1) is 5.92 Å². The van der Waals surface area contributed by atoms with Gasteiger partial charge in [-0.2, -0.15) is 0 Å². The minimum atomic E-state index is 0.403. The van der Waals surface area contributed by atoms with E-state index in [9.17, 15) is 4.79 Å². The second kappa shape index (κ2) is 5.60. The van der Waals surface area contributed by atoms with E-state index in [0.717, 1.165) is 32.0 Å². The molecule has 1 saturated carbocycles. The number of hydrogen-bond acceptors (Lipinski definition) is 2. The van der Waals surface area contributed by atoms with Crippen LogP contribution in [-0.2, 0) is 4.79 Å². The van der Waals surface area contributed by atoms with Crippen molar-refractivity contribution in [1.82, 2.24) is 9.80 Å². The molecule has 3 rings (SSSR count). The molecule has 3 nitrogen and oxygen atoms in total. The summed E-state index contributed by atoms with van der Waals surface area (Å²) in [5, 5.41) is 0. The number of nitrogens with zero attached hydrogens (tertiary/aromatic N) is 2. The molecule has 2 saturated heterocycles. The largest absolute Gasteiger partial charge is 0.342 e. The van der Waals surface area contributed by atoms with Gasteiger partial charge in [0, 0.05) is 25.0 Å². The van der Waals surface area contributed by atoms with Crippen LogP contribution in [0.15, 0.2) is 0 Å². The van der Waals surface area contributed by atoms with Crippen LogP contribution in [0.25, 0.3) is 0 Å². The molecule has 0 bridgehead atoms. The molecule has 0 aromatic carbocycles. The third-order valence-electron chi connectivity index (χ3n) is 4.86. The van der Waals surface area contributed by atoms with Gasteiger partial charge in [0.25, 0.3) is 0 Å². The highest BCUT2D eigenvalue weighted by Gasteiger charge is 2.35. The Morgan fingerprint density at radius 1 is 0.778 bits per heavy atom. The molecule has 0 unspecified atom stereocenters. The van der Waals surface area contributed by atoms with Crippen LogP contribution in [0.5, 0.6) is 0 Å². The summed E-state index contributed by atoms with van der Waals surface area (Å²) < 4.78 is 0. The number of carbonyl (C=O) groups excluding carboxylic acids is 1. The van der Waals surface area contributed by atoms with E-state index in [1.807, 2.05) is 0 Å². The molecule has 0 spiro atoms. The van der Waals surface area contributed by atoms with Crippen molar-refractivity contribution in [2.24, 2.45) is 5.92 Å². The fourth-order valence-electron chi connectivity index (χ4n) is 3.50. The van der Waals surface area contributed by atoms with Gasteiger partial charge in [-0.05, 0) is 51.6 Å². The standard InChI is InChI=1S/C15H26N2O/c18-15(13-5-6-13)17-11-7-14(8-12-17)16-9-3-1-2-4-10-16/h13-14H,1-12H2. The molecule has 2 heterocycles. The first-order valence-electron chi connectivity index (χ1n) is 7.87. The quantitative estimate of drug-likeness (QED) is 0.750. The van der Waals surface area contributed by atoms with Gasteiger partial charge < -0.3 is 9.80 Å². The Morgan fingerprint density at radius 2 is 1.39 bits per heavy atom. The predicted molar refractivity (Wildman–Crippen MR) is 72.4 cm³/mol. The van der Waals surface area contributed by atoms with Crippen LogP contribution in [0.1, 0.15) is 51.4 Å². The van der Waals surface area contributed by atoms with Crippen LogP contribution >= 0.6 is 0 Å². The zero-order valence-corrected chi connectivity index (χ0v) is 11.4. The monoisotopic (exact) mass is 250 g/mol. The van der Waals surface area contributed by atoms with Crippen molar-refractivity contribution in [1.29, 1.82) is 0 Å². The normalized spacial score (nSPS) is 28.1. The number of likely N-dealkylation sites (tertiary alicyclic amines) is 2. The molecule has 3 fully saturated rings. The van der Waals surface area contributed by atoms with Crippen molar-refractivity contribution in [3.8, 4) is 0 Å². The predicted octanol–water partition coefficient (Wildman–Crippen LogP) is 2.26. The molecule has 18 heavy (non-hydrogen) atoms. The maximum absolute atomic E-state index is 12.0. The Balaban J connectivity index is 1.48. The van der Waals surface area contributed by atoms with Gasteiger partial charge in [0.05, 0.1) is 0 Å². The van der Waals surface area contributed by atoms with Crippen molar-refractivity contribution in [3.63, 3.8) is 0 Å². The second-order valence-electron chi connectivity index (χ2n) is 6.28. The number of rotatable bonds is 2. The average molecular weight is 250 g/mol. The summed E-state index contributed by atoms with van der Waals surface area (Å²) in [6, 6.07) is 0.756. The SMILES string of the molecule is O=C(C1CC1)N1CCC(N2CCCCCC2)CC1. The first-order valence-corrected chi connectivity index (χ1v) is 7.87. The smallest absolute Gasteiger partial charge is 0.225 e. The first-order chi connectivity index (χ1) is 8.84. The van der Waals surface area contributed by atoms with E-state index in [0.29, 0.717) is 11.8 Å². The Bertz CT molecular complexity index is 285. The molecule has 0 atom stereocenters. The Kier molecular flexibility index (Phi) is 3.88. The molecule has 3 heteroatoms. The third-order valence-corrected chi connectivity index (χ3v) is 4.86. The van der Waals surface area contributed by atoms with Gasteiger partial charge >= 0.3 is 0 Å². The summed E-state index contributed by atoms with van der Waals surface area (Å²) in [4.78, 5) is 16.8. The number of hydrogen-bond donors (Lipinski definition) is 0. The second-order valence-corrected chi connectivity index (χ2v) is 6.28. The van der Waals surface area contributed by atoms with Crippen LogP contribution < -0.4 is 0 Å². The Labute approximate surface area is 111 Å². The number of amides is 1. The van der Waals surface area contributed by atoms with E-state index in [-0.39, 0.29) is 0 Å². The molecule has 102 valence electrons. The van der Waals surface area contributed by atoms with E-state index in [1.165, 1.54) is 51.6 Å². The van der Waals surface area contributed by atoms with Crippen molar-refractivity contribution in [2.45, 2.75) is 57.4 Å². The topological polar surface area (TPSA) is 23.6 Å². The third kappa shape index (κ3) is 2.87. The van der Waals surface area contributed by atoms with Gasteiger partial charge in [-0.15, -0.1) is 0 Å². The summed E-state index contributed by atoms with van der Waals surface area (Å²) in [6.07, 6.45) is 10.3. The molecular formula is C15H26N2O. The summed E-state index contributed by atoms with van der Waals surface area (Å²) in [5.74, 6) is 0.851. The van der Waals surface area contributed by atoms with E-state index in [2.05, 4.69) is 9.80 Å². The summed E-state index contributed by atoms with van der Waals surface area (Å²) in [7, 11) is 0. The highest BCUT2D eigenvalue weighted by molar-refractivity contribution is 5.81. The van der Waals surface area contributed by atoms with Gasteiger partial charge in [-0.1, -0.05) is 12.8 Å². The minimum Gasteiger partial charge on any atom is -0.342 e. The lowest BCUT2D eigenvalue weighted by Gasteiger charge is -2.38. The maximum atomic E-state index is 12.0. The van der Waals surface area contributed by atoms with Crippen molar-refractivity contribution in [2.75, 3.05) is 26.2 Å².